The number of thioether (sulfide) groups is 1. The normalized spacial score (nSPS) is 20.1. The van der Waals surface area contributed by atoms with Crippen LogP contribution in [-0.2, 0) is 9.59 Å². The molecule has 7 heteroatoms. The second-order valence-electron chi connectivity index (χ2n) is 7.43. The molecule has 1 saturated heterocycles. The van der Waals surface area contributed by atoms with Gasteiger partial charge in [-0.25, -0.2) is 8.78 Å². The van der Waals surface area contributed by atoms with E-state index in [1.54, 1.807) is 6.07 Å². The molecule has 4 rings (SSSR count). The lowest BCUT2D eigenvalue weighted by molar-refractivity contribution is -0.120. The zero-order valence-corrected chi connectivity index (χ0v) is 16.7. The first kappa shape index (κ1) is 19.9. The molecule has 0 spiro atoms. The van der Waals surface area contributed by atoms with Crippen molar-refractivity contribution in [2.45, 2.75) is 37.5 Å². The summed E-state index contributed by atoms with van der Waals surface area (Å²) >= 11 is 1.36. The standard InChI is InChI=1S/C22H22F2N2O2S/c23-15-10-11-19(17(24)12-15)26-20(27)13-29-22(26)16-8-4-5-9-18(16)25-21(28)14-6-2-1-3-7-14/h4-5,8-12,14,22H,1-3,6-7,13H2,(H,25,28)/t22-/m1/s1. The Morgan fingerprint density at radius 3 is 2.59 bits per heavy atom. The third-order valence-electron chi connectivity index (χ3n) is 5.50. The number of carbonyl (C=O) groups is 2. The lowest BCUT2D eigenvalue weighted by Gasteiger charge is -2.27. The molecular weight excluding hydrogens is 394 g/mol. The second kappa shape index (κ2) is 8.53. The Morgan fingerprint density at radius 2 is 1.83 bits per heavy atom. The van der Waals surface area contributed by atoms with Crippen LogP contribution in [0.2, 0.25) is 0 Å². The summed E-state index contributed by atoms with van der Waals surface area (Å²) in [5.41, 5.74) is 1.40. The molecule has 0 aromatic heterocycles. The van der Waals surface area contributed by atoms with Crippen LogP contribution in [0.25, 0.3) is 0 Å². The Hall–Kier alpha value is -2.41. The van der Waals surface area contributed by atoms with Crippen LogP contribution >= 0.6 is 11.8 Å². The monoisotopic (exact) mass is 416 g/mol. The molecule has 2 aromatic carbocycles. The molecule has 4 nitrogen and oxygen atoms in total. The second-order valence-corrected chi connectivity index (χ2v) is 8.50. The molecule has 0 unspecified atom stereocenters. The van der Waals surface area contributed by atoms with Gasteiger partial charge in [-0.1, -0.05) is 37.5 Å². The molecule has 2 fully saturated rings. The van der Waals surface area contributed by atoms with Crippen molar-refractivity contribution in [1.82, 2.24) is 0 Å². The van der Waals surface area contributed by atoms with Gasteiger partial charge in [0.05, 0.1) is 11.4 Å². The smallest absolute Gasteiger partial charge is 0.238 e. The first-order valence-corrected chi connectivity index (χ1v) is 10.9. The summed E-state index contributed by atoms with van der Waals surface area (Å²) < 4.78 is 27.7. The van der Waals surface area contributed by atoms with Gasteiger partial charge in [-0.15, -0.1) is 11.8 Å². The number of nitrogens with zero attached hydrogens (tertiary/aromatic N) is 1. The van der Waals surface area contributed by atoms with Crippen molar-refractivity contribution in [3.63, 3.8) is 0 Å². The highest BCUT2D eigenvalue weighted by Crippen LogP contribution is 2.45. The molecule has 1 atom stereocenters. The molecule has 1 heterocycles. The highest BCUT2D eigenvalue weighted by atomic mass is 32.2. The van der Waals surface area contributed by atoms with Crippen LogP contribution in [-0.4, -0.2) is 17.6 Å². The van der Waals surface area contributed by atoms with Crippen molar-refractivity contribution in [1.29, 1.82) is 0 Å². The van der Waals surface area contributed by atoms with Gasteiger partial charge in [-0.05, 0) is 31.0 Å². The minimum Gasteiger partial charge on any atom is -0.325 e. The van der Waals surface area contributed by atoms with Crippen LogP contribution in [0.3, 0.4) is 0 Å². The maximum absolute atomic E-state index is 14.4. The summed E-state index contributed by atoms with van der Waals surface area (Å²) in [6, 6.07) is 10.5. The van der Waals surface area contributed by atoms with Gasteiger partial charge >= 0.3 is 0 Å². The molecule has 2 amide bonds. The van der Waals surface area contributed by atoms with Crippen molar-refractivity contribution < 1.29 is 18.4 Å². The summed E-state index contributed by atoms with van der Waals surface area (Å²) in [6.45, 7) is 0. The van der Waals surface area contributed by atoms with Crippen molar-refractivity contribution >= 4 is 35.0 Å². The number of rotatable bonds is 4. The molecule has 29 heavy (non-hydrogen) atoms. The van der Waals surface area contributed by atoms with Gasteiger partial charge in [-0.2, -0.15) is 0 Å². The molecule has 0 radical (unpaired) electrons. The molecule has 1 saturated carbocycles. The number of para-hydroxylation sites is 1. The third kappa shape index (κ3) is 4.15. The highest BCUT2D eigenvalue weighted by Gasteiger charge is 2.37. The van der Waals surface area contributed by atoms with E-state index in [0.29, 0.717) is 5.69 Å². The third-order valence-corrected chi connectivity index (χ3v) is 6.69. The van der Waals surface area contributed by atoms with Crippen LogP contribution in [0.1, 0.15) is 43.0 Å². The van der Waals surface area contributed by atoms with Gasteiger partial charge in [0.2, 0.25) is 11.8 Å². The van der Waals surface area contributed by atoms with Gasteiger partial charge in [-0.3, -0.25) is 14.5 Å². The zero-order valence-electron chi connectivity index (χ0n) is 15.9. The van der Waals surface area contributed by atoms with Crippen molar-refractivity contribution in [3.05, 3.63) is 59.7 Å². The highest BCUT2D eigenvalue weighted by molar-refractivity contribution is 8.00. The summed E-state index contributed by atoms with van der Waals surface area (Å²) in [6.07, 6.45) is 5.06. The number of halogens is 2. The van der Waals surface area contributed by atoms with Gasteiger partial charge in [0, 0.05) is 23.2 Å². The first-order valence-electron chi connectivity index (χ1n) is 9.83. The number of benzene rings is 2. The van der Waals surface area contributed by atoms with Gasteiger partial charge < -0.3 is 5.32 Å². The van der Waals surface area contributed by atoms with Crippen molar-refractivity contribution in [3.8, 4) is 0 Å². The van der Waals surface area contributed by atoms with Crippen molar-refractivity contribution in [2.75, 3.05) is 16.0 Å². The quantitative estimate of drug-likeness (QED) is 0.739. The lowest BCUT2D eigenvalue weighted by Crippen LogP contribution is -2.30. The van der Waals surface area contributed by atoms with Gasteiger partial charge in [0.1, 0.15) is 17.0 Å². The molecule has 2 aromatic rings. The van der Waals surface area contributed by atoms with E-state index in [1.807, 2.05) is 18.2 Å². The molecule has 1 N–H and O–H groups in total. The Bertz CT molecular complexity index is 931. The van der Waals surface area contributed by atoms with Crippen LogP contribution in [0.15, 0.2) is 42.5 Å². The fourth-order valence-electron chi connectivity index (χ4n) is 4.02. The van der Waals surface area contributed by atoms with Crippen LogP contribution < -0.4 is 10.2 Å². The predicted molar refractivity (Wildman–Crippen MR) is 111 cm³/mol. The van der Waals surface area contributed by atoms with E-state index in [4.69, 9.17) is 0 Å². The number of nitrogens with one attached hydrogen (secondary N) is 1. The van der Waals surface area contributed by atoms with Gasteiger partial charge in [0.15, 0.2) is 0 Å². The molecule has 152 valence electrons. The number of hydrogen-bond donors (Lipinski definition) is 1. The predicted octanol–water partition coefficient (Wildman–Crippen LogP) is 5.26. The molecule has 0 bridgehead atoms. The molecule has 1 aliphatic carbocycles. The van der Waals surface area contributed by atoms with E-state index in [1.165, 1.54) is 29.1 Å². The number of carbonyl (C=O) groups excluding carboxylic acids is 2. The SMILES string of the molecule is O=C(Nc1ccccc1[C@H]1SCC(=O)N1c1ccc(F)cc1F)C1CCCCC1. The summed E-state index contributed by atoms with van der Waals surface area (Å²) in [7, 11) is 0. The molecule has 2 aliphatic rings. The van der Waals surface area contributed by atoms with Gasteiger partial charge in [0.25, 0.3) is 0 Å². The number of anilines is 2. The Morgan fingerprint density at radius 1 is 1.07 bits per heavy atom. The average Bonchev–Trinajstić information content (AvgIpc) is 3.10. The molecular formula is C22H22F2N2O2S. The maximum Gasteiger partial charge on any atom is 0.238 e. The number of hydrogen-bond acceptors (Lipinski definition) is 3. The lowest BCUT2D eigenvalue weighted by atomic mass is 9.88. The van der Waals surface area contributed by atoms with E-state index >= 15 is 0 Å². The minimum absolute atomic E-state index is 0.000292. The largest absolute Gasteiger partial charge is 0.325 e. The summed E-state index contributed by atoms with van der Waals surface area (Å²) in [5.74, 6) is -1.55. The van der Waals surface area contributed by atoms with E-state index in [-0.39, 0.29) is 29.2 Å². The first-order chi connectivity index (χ1) is 14.0. The van der Waals surface area contributed by atoms with Crippen LogP contribution in [0, 0.1) is 17.6 Å². The van der Waals surface area contributed by atoms with E-state index in [0.717, 1.165) is 43.4 Å². The molecule has 1 aliphatic heterocycles. The fourth-order valence-corrected chi connectivity index (χ4v) is 5.22. The Labute approximate surface area is 172 Å². The maximum atomic E-state index is 14.4. The zero-order chi connectivity index (χ0) is 20.4. The Kier molecular flexibility index (Phi) is 5.85. The van der Waals surface area contributed by atoms with E-state index in [9.17, 15) is 18.4 Å². The van der Waals surface area contributed by atoms with E-state index in [2.05, 4.69) is 5.32 Å². The average molecular weight is 416 g/mol. The number of amides is 2. The summed E-state index contributed by atoms with van der Waals surface area (Å²) in [5, 5.41) is 2.53. The van der Waals surface area contributed by atoms with Crippen LogP contribution in [0.4, 0.5) is 20.2 Å². The summed E-state index contributed by atoms with van der Waals surface area (Å²) in [4.78, 5) is 26.6. The topological polar surface area (TPSA) is 49.4 Å². The Balaban J connectivity index is 1.63. The van der Waals surface area contributed by atoms with E-state index < -0.39 is 17.0 Å². The minimum atomic E-state index is -0.783. The van der Waals surface area contributed by atoms with Crippen LogP contribution in [0.5, 0.6) is 0 Å². The fraction of sp³-hybridized carbons (Fsp3) is 0.364. The van der Waals surface area contributed by atoms with Crippen molar-refractivity contribution in [2.24, 2.45) is 5.92 Å².